The van der Waals surface area contributed by atoms with E-state index in [4.69, 9.17) is 0 Å². The number of hydrogen-bond donors (Lipinski definition) is 1. The Balaban J connectivity index is 3.92. The van der Waals surface area contributed by atoms with Gasteiger partial charge in [0.1, 0.15) is 0 Å². The van der Waals surface area contributed by atoms with Crippen molar-refractivity contribution in [3.8, 4) is 0 Å². The molecule has 0 aliphatic heterocycles. The largest absolute Gasteiger partial charge is 0.451 e. The molecule has 6 heteroatoms. The third-order valence-corrected chi connectivity index (χ3v) is 1.30. The van der Waals surface area contributed by atoms with Crippen LogP contribution in [0.25, 0.3) is 0 Å². The zero-order chi connectivity index (χ0) is 10.3. The maximum Gasteiger partial charge on any atom is 0.349 e. The molecule has 0 heterocycles. The van der Waals surface area contributed by atoms with Crippen molar-refractivity contribution in [1.29, 1.82) is 0 Å². The molecule has 0 saturated heterocycles. The van der Waals surface area contributed by atoms with E-state index in [-0.39, 0.29) is 6.79 Å². The van der Waals surface area contributed by atoms with E-state index >= 15 is 0 Å². The minimum atomic E-state index is -0.860. The maximum absolute atomic E-state index is 11.1. The molecule has 0 fully saturated rings. The van der Waals surface area contributed by atoms with Crippen LogP contribution < -0.4 is 0 Å². The maximum atomic E-state index is 11.1. The predicted octanol–water partition coefficient (Wildman–Crippen LogP) is 0.690. The smallest absolute Gasteiger partial charge is 0.349 e. The average molecular weight is 208 g/mol. The molecule has 0 aliphatic carbocycles. The molecule has 13 heavy (non-hydrogen) atoms. The Bertz CT molecular complexity index is 182. The standard InChI is InChI=1S/C7H12O5S/c1-3-6(12-5(2)8)7(9)10-4-11-13/h6,13H,3-4H2,1-2H3. The van der Waals surface area contributed by atoms with Gasteiger partial charge in [0.15, 0.2) is 6.10 Å². The number of thiol groups is 1. The van der Waals surface area contributed by atoms with Crippen molar-refractivity contribution in [3.05, 3.63) is 0 Å². The predicted molar refractivity (Wildman–Crippen MR) is 46.9 cm³/mol. The molecule has 0 spiro atoms. The molecular weight excluding hydrogens is 196 g/mol. The van der Waals surface area contributed by atoms with Crippen molar-refractivity contribution in [2.75, 3.05) is 6.79 Å². The normalized spacial score (nSPS) is 11.9. The van der Waals surface area contributed by atoms with Gasteiger partial charge < -0.3 is 9.47 Å². The van der Waals surface area contributed by atoms with Crippen molar-refractivity contribution in [2.45, 2.75) is 26.4 Å². The summed E-state index contributed by atoms with van der Waals surface area (Å²) < 4.78 is 13.4. The lowest BCUT2D eigenvalue weighted by atomic mass is 10.3. The Kier molecular flexibility index (Phi) is 6.34. The van der Waals surface area contributed by atoms with Crippen molar-refractivity contribution in [1.82, 2.24) is 0 Å². The fraction of sp³-hybridized carbons (Fsp3) is 0.714. The Hall–Kier alpha value is -0.750. The first-order chi connectivity index (χ1) is 6.11. The summed E-state index contributed by atoms with van der Waals surface area (Å²) in [4.78, 5) is 21.6. The van der Waals surface area contributed by atoms with Gasteiger partial charge in [0.2, 0.25) is 6.79 Å². The molecule has 0 aromatic rings. The first-order valence-corrected chi connectivity index (χ1v) is 4.08. The summed E-state index contributed by atoms with van der Waals surface area (Å²) in [6.07, 6.45) is -0.494. The molecule has 5 nitrogen and oxygen atoms in total. The number of carbonyl (C=O) groups is 2. The van der Waals surface area contributed by atoms with Crippen LogP contribution >= 0.6 is 12.9 Å². The Morgan fingerprint density at radius 3 is 2.46 bits per heavy atom. The van der Waals surface area contributed by atoms with Crippen LogP contribution in [0.3, 0.4) is 0 Å². The fourth-order valence-electron chi connectivity index (χ4n) is 0.676. The third kappa shape index (κ3) is 5.48. The van der Waals surface area contributed by atoms with E-state index in [0.717, 1.165) is 0 Å². The van der Waals surface area contributed by atoms with Gasteiger partial charge in [0, 0.05) is 6.92 Å². The number of carbonyl (C=O) groups excluding carboxylic acids is 2. The van der Waals surface area contributed by atoms with Crippen LogP contribution in [0.1, 0.15) is 20.3 Å². The molecule has 0 bridgehead atoms. The monoisotopic (exact) mass is 208 g/mol. The second kappa shape index (κ2) is 6.73. The lowest BCUT2D eigenvalue weighted by molar-refractivity contribution is -0.170. The van der Waals surface area contributed by atoms with Gasteiger partial charge in [-0.2, -0.15) is 0 Å². The summed E-state index contributed by atoms with van der Waals surface area (Å²) in [7, 11) is 0. The molecule has 0 aromatic heterocycles. The lowest BCUT2D eigenvalue weighted by Crippen LogP contribution is -2.28. The minimum absolute atomic E-state index is 0.264. The molecule has 76 valence electrons. The molecule has 0 amide bonds. The van der Waals surface area contributed by atoms with Gasteiger partial charge in [-0.1, -0.05) is 6.92 Å². The van der Waals surface area contributed by atoms with Crippen LogP contribution in [0.5, 0.6) is 0 Å². The van der Waals surface area contributed by atoms with Crippen molar-refractivity contribution in [2.24, 2.45) is 0 Å². The summed E-state index contributed by atoms with van der Waals surface area (Å²) in [5.41, 5.74) is 0. The van der Waals surface area contributed by atoms with Crippen molar-refractivity contribution < 1.29 is 23.2 Å². The number of rotatable bonds is 5. The Labute approximate surface area is 82.0 Å². The van der Waals surface area contributed by atoms with Gasteiger partial charge in [-0.15, -0.1) is 0 Å². The van der Waals surface area contributed by atoms with Crippen molar-refractivity contribution in [3.63, 3.8) is 0 Å². The summed E-state index contributed by atoms with van der Waals surface area (Å²) in [6, 6.07) is 0. The van der Waals surface area contributed by atoms with E-state index in [2.05, 4.69) is 26.6 Å². The van der Waals surface area contributed by atoms with E-state index < -0.39 is 18.0 Å². The third-order valence-electron chi connectivity index (χ3n) is 1.20. The van der Waals surface area contributed by atoms with Gasteiger partial charge in [-0.25, -0.2) is 4.79 Å². The van der Waals surface area contributed by atoms with Gasteiger partial charge in [0.25, 0.3) is 0 Å². The first-order valence-electron chi connectivity index (χ1n) is 3.72. The summed E-state index contributed by atoms with van der Waals surface area (Å²) in [5.74, 6) is -1.15. The quantitative estimate of drug-likeness (QED) is 0.312. The van der Waals surface area contributed by atoms with Crippen LogP contribution in [-0.4, -0.2) is 24.8 Å². The van der Waals surface area contributed by atoms with E-state index in [1.54, 1.807) is 6.92 Å². The second-order valence-electron chi connectivity index (χ2n) is 2.22. The fourth-order valence-corrected chi connectivity index (χ4v) is 0.729. The SMILES string of the molecule is CCC(OC(C)=O)C(=O)OCOS. The van der Waals surface area contributed by atoms with E-state index in [1.807, 2.05) is 0 Å². The van der Waals surface area contributed by atoms with Crippen LogP contribution in [0.2, 0.25) is 0 Å². The van der Waals surface area contributed by atoms with Gasteiger partial charge >= 0.3 is 11.9 Å². The van der Waals surface area contributed by atoms with E-state index in [9.17, 15) is 9.59 Å². The van der Waals surface area contributed by atoms with E-state index in [1.165, 1.54) is 6.92 Å². The van der Waals surface area contributed by atoms with Gasteiger partial charge in [-0.05, 0) is 19.3 Å². The highest BCUT2D eigenvalue weighted by molar-refractivity contribution is 7.75. The van der Waals surface area contributed by atoms with Gasteiger partial charge in [-0.3, -0.25) is 8.98 Å². The number of ether oxygens (including phenoxy) is 2. The number of hydrogen-bond acceptors (Lipinski definition) is 6. The zero-order valence-corrected chi connectivity index (χ0v) is 8.37. The summed E-state index contributed by atoms with van der Waals surface area (Å²) in [6.45, 7) is 2.67. The summed E-state index contributed by atoms with van der Waals surface area (Å²) >= 11 is 3.38. The molecular formula is C7H12O5S. The Morgan fingerprint density at radius 1 is 1.46 bits per heavy atom. The second-order valence-corrected chi connectivity index (χ2v) is 2.47. The van der Waals surface area contributed by atoms with Gasteiger partial charge in [0.05, 0.1) is 0 Å². The summed E-state index contributed by atoms with van der Waals surface area (Å²) in [5, 5.41) is 0. The zero-order valence-electron chi connectivity index (χ0n) is 7.48. The molecule has 0 aliphatic rings. The molecule has 0 radical (unpaired) electrons. The van der Waals surface area contributed by atoms with Crippen LogP contribution in [0, 0.1) is 0 Å². The highest BCUT2D eigenvalue weighted by Gasteiger charge is 2.20. The molecule has 0 rings (SSSR count). The van der Waals surface area contributed by atoms with E-state index in [0.29, 0.717) is 6.42 Å². The molecule has 0 aromatic carbocycles. The molecule has 0 N–H and O–H groups in total. The highest BCUT2D eigenvalue weighted by atomic mass is 32.1. The average Bonchev–Trinajstić information content (AvgIpc) is 2.09. The topological polar surface area (TPSA) is 61.8 Å². The molecule has 0 saturated carbocycles. The van der Waals surface area contributed by atoms with Crippen molar-refractivity contribution >= 4 is 24.8 Å². The molecule has 1 atom stereocenters. The molecule has 1 unspecified atom stereocenters. The Morgan fingerprint density at radius 2 is 2.08 bits per heavy atom. The van der Waals surface area contributed by atoms with Crippen LogP contribution in [0.15, 0.2) is 0 Å². The van der Waals surface area contributed by atoms with Crippen LogP contribution in [0.4, 0.5) is 0 Å². The lowest BCUT2D eigenvalue weighted by Gasteiger charge is -2.12. The van der Waals surface area contributed by atoms with Crippen LogP contribution in [-0.2, 0) is 23.2 Å². The highest BCUT2D eigenvalue weighted by Crippen LogP contribution is 2.01. The minimum Gasteiger partial charge on any atom is -0.451 e. The first kappa shape index (κ1) is 12.2. The number of esters is 2.